The highest BCUT2D eigenvalue weighted by atomic mass is 19.4. The van der Waals surface area contributed by atoms with E-state index in [0.29, 0.717) is 0 Å². The molecule has 35 heavy (non-hydrogen) atoms. The van der Waals surface area contributed by atoms with Crippen LogP contribution in [0.4, 0.5) is 32.0 Å². The molecule has 0 spiro atoms. The second-order valence-electron chi connectivity index (χ2n) is 10.2. The lowest BCUT2D eigenvalue weighted by Gasteiger charge is -2.31. The molecule has 1 aromatic heterocycles. The number of Topliss-reactive ketones (excluding diaryl/α,β-unsaturated/α-hetero) is 1. The number of benzene rings is 1. The molecule has 4 rings (SSSR count). The fourth-order valence-corrected chi connectivity index (χ4v) is 5.02. The van der Waals surface area contributed by atoms with E-state index >= 15 is 4.39 Å². The summed E-state index contributed by atoms with van der Waals surface area (Å²) in [4.78, 5) is 24.6. The molecule has 0 aliphatic heterocycles. The predicted molar refractivity (Wildman–Crippen MR) is 117 cm³/mol. The third kappa shape index (κ3) is 4.90. The number of carbonyl (C=O) groups is 2. The molecular weight excluding hydrogens is 476 g/mol. The minimum atomic E-state index is -4.81. The van der Waals surface area contributed by atoms with Crippen molar-refractivity contribution in [3.05, 3.63) is 46.5 Å². The molecule has 0 radical (unpaired) electrons. The first-order chi connectivity index (χ1) is 16.1. The van der Waals surface area contributed by atoms with Crippen molar-refractivity contribution >= 4 is 17.4 Å². The van der Waals surface area contributed by atoms with Crippen molar-refractivity contribution in [3.63, 3.8) is 0 Å². The Labute approximate surface area is 197 Å². The minimum Gasteiger partial charge on any atom is -0.382 e. The number of nitrogens with two attached hydrogens (primary N) is 1. The Kier molecular flexibility index (Phi) is 5.96. The molecule has 5 nitrogen and oxygen atoms in total. The first kappa shape index (κ1) is 25.1. The number of anilines is 1. The summed E-state index contributed by atoms with van der Waals surface area (Å²) in [5, 5.41) is 2.89. The zero-order valence-electron chi connectivity index (χ0n) is 19.2. The van der Waals surface area contributed by atoms with Gasteiger partial charge in [-0.3, -0.25) is 9.59 Å². The number of alkyl halides is 5. The summed E-state index contributed by atoms with van der Waals surface area (Å²) in [5.74, 6) is -5.65. The van der Waals surface area contributed by atoms with E-state index in [1.165, 1.54) is 6.07 Å². The minimum absolute atomic E-state index is 0.0478. The summed E-state index contributed by atoms with van der Waals surface area (Å²) in [6, 6.07) is 1.64. The number of hydrogen-bond acceptors (Lipinski definition) is 3. The van der Waals surface area contributed by atoms with Crippen LogP contribution >= 0.6 is 0 Å². The number of nitrogens with one attached hydrogen (secondary N) is 1. The molecular formula is C24H25F6N3O2. The average Bonchev–Trinajstić information content (AvgIpc) is 3.08. The van der Waals surface area contributed by atoms with Crippen LogP contribution in [0.15, 0.2) is 18.3 Å². The van der Waals surface area contributed by atoms with Gasteiger partial charge in [0.25, 0.3) is 5.91 Å². The van der Waals surface area contributed by atoms with Crippen molar-refractivity contribution in [2.45, 2.75) is 70.5 Å². The Morgan fingerprint density at radius 2 is 1.77 bits per heavy atom. The van der Waals surface area contributed by atoms with Crippen LogP contribution in [0.5, 0.6) is 0 Å². The lowest BCUT2D eigenvalue weighted by atomic mass is 9.75. The highest BCUT2D eigenvalue weighted by molar-refractivity contribution is 6.01. The summed E-state index contributed by atoms with van der Waals surface area (Å²) in [6.45, 7) is 3.50. The van der Waals surface area contributed by atoms with E-state index < -0.39 is 70.6 Å². The number of nitrogens with zero attached hydrogens (tertiary/aromatic N) is 1. The molecule has 1 saturated carbocycles. The second-order valence-corrected chi connectivity index (χ2v) is 10.2. The van der Waals surface area contributed by atoms with Crippen LogP contribution in [0.2, 0.25) is 0 Å². The summed E-state index contributed by atoms with van der Waals surface area (Å²) < 4.78 is 84.7. The number of fused-ring (bicyclic) bond motifs is 1. The maximum atomic E-state index is 15.1. The molecule has 0 saturated heterocycles. The second kappa shape index (κ2) is 8.30. The van der Waals surface area contributed by atoms with Crippen LogP contribution in [0.3, 0.4) is 0 Å². The van der Waals surface area contributed by atoms with Gasteiger partial charge >= 0.3 is 6.18 Å². The predicted octanol–water partition coefficient (Wildman–Crippen LogP) is 5.88. The van der Waals surface area contributed by atoms with E-state index in [9.17, 15) is 31.5 Å². The first-order valence-corrected chi connectivity index (χ1v) is 11.2. The molecule has 1 amide bonds. The van der Waals surface area contributed by atoms with Crippen molar-refractivity contribution in [1.29, 1.82) is 0 Å². The van der Waals surface area contributed by atoms with Crippen molar-refractivity contribution in [3.8, 4) is 5.69 Å². The molecule has 2 aliphatic rings. The van der Waals surface area contributed by atoms with E-state index in [2.05, 4.69) is 5.32 Å². The Balaban J connectivity index is 1.84. The van der Waals surface area contributed by atoms with Crippen LogP contribution in [-0.2, 0) is 12.6 Å². The Morgan fingerprint density at radius 1 is 1.14 bits per heavy atom. The standard InChI is InChI=1S/C24H25F6N3O2/c1-22(2)9-17-19(18(34)10-22)14(24(28,29)30)11-33(17)13-7-15(25)20(21(31)35)16(8-13)32-12-3-5-23(26,27)6-4-12/h7-8,11-12,32H,3-6,9-10H2,1-2H3,(H2,31,35). The molecule has 1 fully saturated rings. The molecule has 3 N–H and O–H groups in total. The number of ketones is 1. The summed E-state index contributed by atoms with van der Waals surface area (Å²) >= 11 is 0. The van der Waals surface area contributed by atoms with Crippen LogP contribution < -0.4 is 11.1 Å². The number of halogens is 6. The molecule has 2 aromatic rings. The molecule has 0 bridgehead atoms. The fourth-order valence-electron chi connectivity index (χ4n) is 5.02. The van der Waals surface area contributed by atoms with Gasteiger partial charge in [0.05, 0.1) is 28.1 Å². The van der Waals surface area contributed by atoms with Crippen LogP contribution in [0.1, 0.15) is 77.9 Å². The first-order valence-electron chi connectivity index (χ1n) is 11.2. The van der Waals surface area contributed by atoms with Gasteiger partial charge in [-0.05, 0) is 36.8 Å². The third-order valence-electron chi connectivity index (χ3n) is 6.65. The number of amides is 1. The van der Waals surface area contributed by atoms with Crippen molar-refractivity contribution in [1.82, 2.24) is 4.57 Å². The zero-order valence-corrected chi connectivity index (χ0v) is 19.2. The molecule has 2 aliphatic carbocycles. The normalized spacial score (nSPS) is 19.9. The topological polar surface area (TPSA) is 77.1 Å². The van der Waals surface area contributed by atoms with Gasteiger partial charge in [0.15, 0.2) is 5.78 Å². The molecule has 1 heterocycles. The lowest BCUT2D eigenvalue weighted by Crippen LogP contribution is -2.33. The summed E-state index contributed by atoms with van der Waals surface area (Å²) in [5.41, 5.74) is 2.59. The van der Waals surface area contributed by atoms with Gasteiger partial charge in [0.1, 0.15) is 5.82 Å². The maximum Gasteiger partial charge on any atom is 0.418 e. The molecule has 190 valence electrons. The Hall–Kier alpha value is -2.98. The quantitative estimate of drug-likeness (QED) is 0.514. The zero-order chi connectivity index (χ0) is 25.9. The smallest absolute Gasteiger partial charge is 0.382 e. The lowest BCUT2D eigenvalue weighted by molar-refractivity contribution is -0.137. The number of aromatic nitrogens is 1. The Morgan fingerprint density at radius 3 is 2.34 bits per heavy atom. The highest BCUT2D eigenvalue weighted by Crippen LogP contribution is 2.44. The van der Waals surface area contributed by atoms with Crippen molar-refractivity contribution < 1.29 is 35.9 Å². The van der Waals surface area contributed by atoms with Gasteiger partial charge in [-0.2, -0.15) is 13.2 Å². The molecule has 0 atom stereocenters. The van der Waals surface area contributed by atoms with Gasteiger partial charge in [-0.15, -0.1) is 0 Å². The van der Waals surface area contributed by atoms with Crippen molar-refractivity contribution in [2.24, 2.45) is 11.1 Å². The largest absolute Gasteiger partial charge is 0.418 e. The van der Waals surface area contributed by atoms with Gasteiger partial charge in [-0.1, -0.05) is 13.8 Å². The molecule has 1 aromatic carbocycles. The van der Waals surface area contributed by atoms with Gasteiger partial charge in [0, 0.05) is 37.2 Å². The number of carbonyl (C=O) groups excluding carboxylic acids is 2. The van der Waals surface area contributed by atoms with Gasteiger partial charge < -0.3 is 15.6 Å². The summed E-state index contributed by atoms with van der Waals surface area (Å²) in [7, 11) is 0. The van der Waals surface area contributed by atoms with Crippen LogP contribution in [0, 0.1) is 11.2 Å². The van der Waals surface area contributed by atoms with Gasteiger partial charge in [-0.25, -0.2) is 13.2 Å². The third-order valence-corrected chi connectivity index (χ3v) is 6.65. The number of rotatable bonds is 4. The van der Waals surface area contributed by atoms with E-state index in [-0.39, 0.29) is 42.8 Å². The Bertz CT molecular complexity index is 1190. The number of primary amides is 1. The van der Waals surface area contributed by atoms with E-state index in [0.717, 1.165) is 16.8 Å². The van der Waals surface area contributed by atoms with E-state index in [1.54, 1.807) is 13.8 Å². The van der Waals surface area contributed by atoms with Gasteiger partial charge in [0.2, 0.25) is 5.92 Å². The monoisotopic (exact) mass is 501 g/mol. The van der Waals surface area contributed by atoms with Crippen LogP contribution in [-0.4, -0.2) is 28.2 Å². The molecule has 0 unspecified atom stereocenters. The fraction of sp³-hybridized carbons (Fsp3) is 0.500. The van der Waals surface area contributed by atoms with Crippen molar-refractivity contribution in [2.75, 3.05) is 5.32 Å². The van der Waals surface area contributed by atoms with Crippen LogP contribution in [0.25, 0.3) is 5.69 Å². The number of hydrogen-bond donors (Lipinski definition) is 2. The molecule has 11 heteroatoms. The highest BCUT2D eigenvalue weighted by Gasteiger charge is 2.44. The summed E-state index contributed by atoms with van der Waals surface area (Å²) in [6.07, 6.45) is -4.68. The average molecular weight is 501 g/mol. The maximum absolute atomic E-state index is 15.1. The van der Waals surface area contributed by atoms with E-state index in [4.69, 9.17) is 5.73 Å². The van der Waals surface area contributed by atoms with E-state index in [1.807, 2.05) is 0 Å². The SMILES string of the molecule is CC1(C)CC(=O)c2c(C(F)(F)F)cn(-c3cc(F)c(C(N)=O)c(NC4CCC(F)(F)CC4)c3)c2C1.